The molecule has 1 N–H and O–H groups in total. The van der Waals surface area contributed by atoms with E-state index in [1.165, 1.54) is 5.56 Å². The lowest BCUT2D eigenvalue weighted by molar-refractivity contribution is -0.132. The summed E-state index contributed by atoms with van der Waals surface area (Å²) in [4.78, 5) is 21.1. The van der Waals surface area contributed by atoms with Gasteiger partial charge in [-0.3, -0.25) is 9.79 Å². The Morgan fingerprint density at radius 2 is 1.87 bits per heavy atom. The van der Waals surface area contributed by atoms with Crippen LogP contribution in [0, 0.1) is 0 Å². The highest BCUT2D eigenvalue weighted by molar-refractivity contribution is 14.0. The Balaban J connectivity index is 0.00000450. The fourth-order valence-corrected chi connectivity index (χ4v) is 3.58. The molecule has 1 amide bonds. The van der Waals surface area contributed by atoms with Gasteiger partial charge in [-0.05, 0) is 42.5 Å². The van der Waals surface area contributed by atoms with Crippen molar-refractivity contribution in [2.24, 2.45) is 4.99 Å². The van der Waals surface area contributed by atoms with Crippen molar-refractivity contribution in [1.82, 2.24) is 15.1 Å². The van der Waals surface area contributed by atoms with Gasteiger partial charge in [-0.2, -0.15) is 0 Å². The Morgan fingerprint density at radius 1 is 1.20 bits per heavy atom. The molecule has 0 bridgehead atoms. The molecule has 30 heavy (non-hydrogen) atoms. The lowest BCUT2D eigenvalue weighted by Gasteiger charge is -2.30. The topological polar surface area (TPSA) is 66.4 Å². The number of rotatable bonds is 9. The van der Waals surface area contributed by atoms with Crippen molar-refractivity contribution in [3.63, 3.8) is 0 Å². The summed E-state index contributed by atoms with van der Waals surface area (Å²) in [5.74, 6) is 2.54. The SMILES string of the molecule is CCCCN(C)C(=NC)NCCCC(=O)N1CCc2cc(OC)c(OC)cc2C1.I. The van der Waals surface area contributed by atoms with Crippen molar-refractivity contribution >= 4 is 35.8 Å². The minimum atomic E-state index is 0. The van der Waals surface area contributed by atoms with Crippen molar-refractivity contribution in [2.75, 3.05) is 47.9 Å². The molecule has 2 rings (SSSR count). The van der Waals surface area contributed by atoms with Crippen molar-refractivity contribution in [3.8, 4) is 11.5 Å². The van der Waals surface area contributed by atoms with E-state index in [4.69, 9.17) is 9.47 Å². The van der Waals surface area contributed by atoms with Gasteiger partial charge in [0.15, 0.2) is 17.5 Å². The van der Waals surface area contributed by atoms with Crippen LogP contribution in [0.4, 0.5) is 0 Å². The van der Waals surface area contributed by atoms with E-state index in [1.54, 1.807) is 21.3 Å². The molecular formula is C22H37IN4O3. The molecule has 0 spiro atoms. The normalized spacial score (nSPS) is 13.2. The molecule has 1 heterocycles. The minimum Gasteiger partial charge on any atom is -0.493 e. The number of aliphatic imine (C=N–C) groups is 1. The average molecular weight is 532 g/mol. The predicted molar refractivity (Wildman–Crippen MR) is 132 cm³/mol. The number of carbonyl (C=O) groups is 1. The van der Waals surface area contributed by atoms with Crippen molar-refractivity contribution in [3.05, 3.63) is 23.3 Å². The van der Waals surface area contributed by atoms with Gasteiger partial charge in [0.25, 0.3) is 0 Å². The molecule has 1 aliphatic rings. The number of hydrogen-bond donors (Lipinski definition) is 1. The number of nitrogens with one attached hydrogen (secondary N) is 1. The summed E-state index contributed by atoms with van der Waals surface area (Å²) >= 11 is 0. The zero-order chi connectivity index (χ0) is 21.2. The number of fused-ring (bicyclic) bond motifs is 1. The van der Waals surface area contributed by atoms with Gasteiger partial charge in [-0.25, -0.2) is 0 Å². The molecule has 1 aromatic rings. The fraction of sp³-hybridized carbons (Fsp3) is 0.636. The van der Waals surface area contributed by atoms with Crippen LogP contribution in [0.2, 0.25) is 0 Å². The summed E-state index contributed by atoms with van der Waals surface area (Å²) in [6, 6.07) is 4.02. The third kappa shape index (κ3) is 7.21. The second-order valence-corrected chi connectivity index (χ2v) is 7.39. The van der Waals surface area contributed by atoms with E-state index in [2.05, 4.69) is 22.1 Å². The number of guanidine groups is 1. The van der Waals surface area contributed by atoms with Crippen LogP contribution in [-0.4, -0.2) is 69.6 Å². The smallest absolute Gasteiger partial charge is 0.222 e. The highest BCUT2D eigenvalue weighted by Crippen LogP contribution is 2.33. The van der Waals surface area contributed by atoms with Crippen molar-refractivity contribution < 1.29 is 14.3 Å². The first-order valence-electron chi connectivity index (χ1n) is 10.5. The van der Waals surface area contributed by atoms with E-state index >= 15 is 0 Å². The molecule has 0 radical (unpaired) electrons. The van der Waals surface area contributed by atoms with Gasteiger partial charge in [0.2, 0.25) is 5.91 Å². The van der Waals surface area contributed by atoms with E-state index in [1.807, 2.05) is 24.1 Å². The molecule has 0 unspecified atom stereocenters. The van der Waals surface area contributed by atoms with Crippen LogP contribution < -0.4 is 14.8 Å². The maximum absolute atomic E-state index is 12.7. The number of benzene rings is 1. The molecule has 0 atom stereocenters. The van der Waals surface area contributed by atoms with Gasteiger partial charge in [-0.1, -0.05) is 13.3 Å². The maximum Gasteiger partial charge on any atom is 0.222 e. The van der Waals surface area contributed by atoms with Gasteiger partial charge in [0.05, 0.1) is 14.2 Å². The molecule has 7 nitrogen and oxygen atoms in total. The molecule has 0 aliphatic carbocycles. The van der Waals surface area contributed by atoms with Gasteiger partial charge >= 0.3 is 0 Å². The largest absolute Gasteiger partial charge is 0.493 e. The van der Waals surface area contributed by atoms with Crippen LogP contribution in [-0.2, 0) is 17.8 Å². The monoisotopic (exact) mass is 532 g/mol. The first kappa shape index (κ1) is 26.3. The highest BCUT2D eigenvalue weighted by atomic mass is 127. The number of ether oxygens (including phenoxy) is 2. The van der Waals surface area contributed by atoms with Crippen LogP contribution in [0.15, 0.2) is 17.1 Å². The van der Waals surface area contributed by atoms with Gasteiger partial charge in [0, 0.05) is 46.7 Å². The minimum absolute atomic E-state index is 0. The maximum atomic E-state index is 12.7. The molecule has 0 fully saturated rings. The molecule has 8 heteroatoms. The molecule has 0 aromatic heterocycles. The highest BCUT2D eigenvalue weighted by Gasteiger charge is 2.22. The second kappa shape index (κ2) is 13.6. The molecule has 170 valence electrons. The van der Waals surface area contributed by atoms with Crippen LogP contribution in [0.1, 0.15) is 43.7 Å². The Kier molecular flexibility index (Phi) is 11.9. The summed E-state index contributed by atoms with van der Waals surface area (Å²) in [7, 11) is 7.12. The van der Waals surface area contributed by atoms with Crippen molar-refractivity contribution in [1.29, 1.82) is 0 Å². The summed E-state index contributed by atoms with van der Waals surface area (Å²) in [6.45, 7) is 5.28. The summed E-state index contributed by atoms with van der Waals surface area (Å²) < 4.78 is 10.8. The van der Waals surface area contributed by atoms with E-state index in [0.29, 0.717) is 18.7 Å². The molecule has 0 saturated carbocycles. The Labute approximate surface area is 198 Å². The third-order valence-electron chi connectivity index (χ3n) is 5.34. The van der Waals surface area contributed by atoms with Crippen molar-refractivity contribution in [2.45, 2.75) is 45.6 Å². The number of methoxy groups -OCH3 is 2. The molecular weight excluding hydrogens is 495 g/mol. The average Bonchev–Trinajstić information content (AvgIpc) is 2.75. The predicted octanol–water partition coefficient (Wildman–Crippen LogP) is 3.29. The number of carbonyl (C=O) groups excluding carboxylic acids is 1. The number of hydrogen-bond acceptors (Lipinski definition) is 4. The summed E-state index contributed by atoms with van der Waals surface area (Å²) in [6.07, 6.45) is 4.46. The van der Waals surface area contributed by atoms with Crippen LogP contribution >= 0.6 is 24.0 Å². The number of unbranched alkanes of at least 4 members (excludes halogenated alkanes) is 1. The van der Waals surface area contributed by atoms with Crippen LogP contribution in [0.5, 0.6) is 11.5 Å². The quantitative estimate of drug-likeness (QED) is 0.229. The summed E-state index contributed by atoms with van der Waals surface area (Å²) in [5, 5.41) is 3.35. The fourth-order valence-electron chi connectivity index (χ4n) is 3.58. The lowest BCUT2D eigenvalue weighted by atomic mass is 9.98. The summed E-state index contributed by atoms with van der Waals surface area (Å²) in [5.41, 5.74) is 2.37. The van der Waals surface area contributed by atoms with Gasteiger partial charge < -0.3 is 24.6 Å². The molecule has 1 aromatic carbocycles. The van der Waals surface area contributed by atoms with Crippen LogP contribution in [0.25, 0.3) is 0 Å². The van der Waals surface area contributed by atoms with Gasteiger partial charge in [-0.15, -0.1) is 24.0 Å². The zero-order valence-electron chi connectivity index (χ0n) is 19.0. The zero-order valence-corrected chi connectivity index (χ0v) is 21.3. The van der Waals surface area contributed by atoms with E-state index < -0.39 is 0 Å². The number of nitrogens with zero attached hydrogens (tertiary/aromatic N) is 3. The van der Waals surface area contributed by atoms with E-state index in [-0.39, 0.29) is 29.9 Å². The second-order valence-electron chi connectivity index (χ2n) is 7.39. The first-order chi connectivity index (χ1) is 14.0. The van der Waals surface area contributed by atoms with Gasteiger partial charge in [0.1, 0.15) is 0 Å². The van der Waals surface area contributed by atoms with Crippen LogP contribution in [0.3, 0.4) is 0 Å². The van der Waals surface area contributed by atoms with E-state index in [0.717, 1.165) is 62.6 Å². The standard InChI is InChI=1S/C22H36N4O3.HI/c1-6-7-12-25(3)22(23-2)24-11-8-9-21(27)26-13-10-17-14-19(28-4)20(29-5)15-18(17)16-26;/h14-15H,6-13,16H2,1-5H3,(H,23,24);1H. The number of amides is 1. The third-order valence-corrected chi connectivity index (χ3v) is 5.34. The Hall–Kier alpha value is -1.71. The van der Waals surface area contributed by atoms with E-state index in [9.17, 15) is 4.79 Å². The molecule has 0 saturated heterocycles. The Bertz CT molecular complexity index is 712. The lowest BCUT2D eigenvalue weighted by Crippen LogP contribution is -2.40. The Morgan fingerprint density at radius 3 is 2.47 bits per heavy atom. The number of halogens is 1. The molecule has 1 aliphatic heterocycles. The first-order valence-corrected chi connectivity index (χ1v) is 10.5.